The molecule has 0 radical (unpaired) electrons. The largest absolute Gasteiger partial charge is 0.401 e. The molecule has 0 saturated carbocycles. The first-order valence-electron chi connectivity index (χ1n) is 5.14. The van der Waals surface area contributed by atoms with E-state index in [0.29, 0.717) is 0 Å². The molecule has 82 valence electrons. The highest BCUT2D eigenvalue weighted by Gasteiger charge is 2.13. The fourth-order valence-corrected chi connectivity index (χ4v) is 1.68. The van der Waals surface area contributed by atoms with Gasteiger partial charge in [0.25, 0.3) is 0 Å². The zero-order chi connectivity index (χ0) is 10.4. The molecule has 4 N–H and O–H groups in total. The third kappa shape index (κ3) is 3.54. The van der Waals surface area contributed by atoms with E-state index in [4.69, 9.17) is 16.2 Å². The van der Waals surface area contributed by atoms with Crippen LogP contribution in [-0.4, -0.2) is 19.4 Å². The number of rotatable bonds is 3. The van der Waals surface area contributed by atoms with Crippen molar-refractivity contribution >= 4 is 0 Å². The molecule has 3 nitrogen and oxygen atoms in total. The van der Waals surface area contributed by atoms with Crippen LogP contribution in [0.1, 0.15) is 32.1 Å². The first-order chi connectivity index (χ1) is 6.74. The molecule has 4 heteroatoms. The minimum Gasteiger partial charge on any atom is -0.401 e. The quantitative estimate of drug-likeness (QED) is 0.728. The van der Waals surface area contributed by atoms with Gasteiger partial charge in [0.2, 0.25) is 0 Å². The van der Waals surface area contributed by atoms with Crippen LogP contribution < -0.4 is 11.5 Å². The van der Waals surface area contributed by atoms with Gasteiger partial charge in [0.05, 0.1) is 12.7 Å². The molecule has 0 aromatic heterocycles. The number of halogens is 1. The maximum atomic E-state index is 11.9. The molecule has 0 saturated heterocycles. The van der Waals surface area contributed by atoms with E-state index in [1.807, 2.05) is 0 Å². The van der Waals surface area contributed by atoms with Crippen LogP contribution in [0.25, 0.3) is 0 Å². The van der Waals surface area contributed by atoms with Crippen LogP contribution in [0.3, 0.4) is 0 Å². The van der Waals surface area contributed by atoms with E-state index in [9.17, 15) is 4.39 Å². The minimum absolute atomic E-state index is 0.150. The monoisotopic (exact) mass is 202 g/mol. The average Bonchev–Trinajstić information content (AvgIpc) is 2.18. The Balaban J connectivity index is 2.38. The van der Waals surface area contributed by atoms with Gasteiger partial charge in [-0.2, -0.15) is 0 Å². The molecule has 0 aromatic carbocycles. The van der Waals surface area contributed by atoms with Crippen LogP contribution in [0, 0.1) is 0 Å². The number of hydrogen-bond donors (Lipinski definition) is 2. The first-order valence-corrected chi connectivity index (χ1v) is 5.14. The lowest BCUT2D eigenvalue weighted by molar-refractivity contribution is 0.0317. The summed E-state index contributed by atoms with van der Waals surface area (Å²) in [5.74, 6) is 0. The molecule has 1 aliphatic rings. The molecule has 1 atom stereocenters. The van der Waals surface area contributed by atoms with Crippen molar-refractivity contribution in [1.29, 1.82) is 0 Å². The average molecular weight is 202 g/mol. The molecular formula is C10H19FN2O. The Bertz CT molecular complexity index is 206. The molecule has 0 fully saturated rings. The Morgan fingerprint density at radius 1 is 1.21 bits per heavy atom. The molecule has 1 aliphatic carbocycles. The van der Waals surface area contributed by atoms with E-state index in [-0.39, 0.29) is 12.7 Å². The Kier molecular flexibility index (Phi) is 4.73. The summed E-state index contributed by atoms with van der Waals surface area (Å²) in [5.41, 5.74) is 13.1. The second-order valence-electron chi connectivity index (χ2n) is 3.66. The van der Waals surface area contributed by atoms with Crippen LogP contribution >= 0.6 is 0 Å². The van der Waals surface area contributed by atoms with Gasteiger partial charge in [0.15, 0.2) is 0 Å². The van der Waals surface area contributed by atoms with E-state index in [0.717, 1.165) is 43.5 Å². The van der Waals surface area contributed by atoms with Gasteiger partial charge in [0.1, 0.15) is 6.67 Å². The summed E-state index contributed by atoms with van der Waals surface area (Å²) < 4.78 is 17.2. The van der Waals surface area contributed by atoms with Crippen molar-refractivity contribution in [3.63, 3.8) is 0 Å². The number of hydrogen-bond acceptors (Lipinski definition) is 3. The van der Waals surface area contributed by atoms with Crippen molar-refractivity contribution in [2.45, 2.75) is 38.2 Å². The van der Waals surface area contributed by atoms with Crippen molar-refractivity contribution in [2.75, 3.05) is 13.3 Å². The van der Waals surface area contributed by atoms with Crippen molar-refractivity contribution in [2.24, 2.45) is 11.5 Å². The molecule has 14 heavy (non-hydrogen) atoms. The molecule has 0 spiro atoms. The van der Waals surface area contributed by atoms with E-state index < -0.39 is 6.67 Å². The lowest BCUT2D eigenvalue weighted by Gasteiger charge is -2.20. The van der Waals surface area contributed by atoms with Crippen molar-refractivity contribution in [3.8, 4) is 0 Å². The maximum Gasteiger partial charge on any atom is 0.113 e. The van der Waals surface area contributed by atoms with E-state index >= 15 is 0 Å². The molecule has 0 unspecified atom stereocenters. The maximum absolute atomic E-state index is 11.9. The van der Waals surface area contributed by atoms with Crippen LogP contribution in [-0.2, 0) is 4.74 Å². The zero-order valence-corrected chi connectivity index (χ0v) is 8.47. The fraction of sp³-hybridized carbons (Fsp3) is 0.800. The first kappa shape index (κ1) is 11.3. The highest BCUT2D eigenvalue weighted by atomic mass is 19.1. The Morgan fingerprint density at radius 2 is 1.93 bits per heavy atom. The van der Waals surface area contributed by atoms with E-state index in [1.54, 1.807) is 0 Å². The van der Waals surface area contributed by atoms with Gasteiger partial charge >= 0.3 is 0 Å². The molecule has 0 aromatic rings. The van der Waals surface area contributed by atoms with E-state index in [1.165, 1.54) is 0 Å². The van der Waals surface area contributed by atoms with Crippen LogP contribution in [0.4, 0.5) is 4.39 Å². The van der Waals surface area contributed by atoms with Crippen molar-refractivity contribution in [3.05, 3.63) is 11.4 Å². The van der Waals surface area contributed by atoms with Gasteiger partial charge in [-0.15, -0.1) is 0 Å². The SMILES string of the molecule is N/C1=C(/N)CC[C@@H](OCCF)CCC1. The van der Waals surface area contributed by atoms with Crippen molar-refractivity contribution < 1.29 is 9.13 Å². The number of allylic oxidation sites excluding steroid dienone is 2. The lowest BCUT2D eigenvalue weighted by Crippen LogP contribution is -2.20. The molecule has 0 bridgehead atoms. The van der Waals surface area contributed by atoms with Gasteiger partial charge in [-0.05, 0) is 32.1 Å². The third-order valence-corrected chi connectivity index (χ3v) is 2.55. The van der Waals surface area contributed by atoms with Crippen LogP contribution in [0.15, 0.2) is 11.4 Å². The molecule has 0 amide bonds. The Morgan fingerprint density at radius 3 is 2.64 bits per heavy atom. The topological polar surface area (TPSA) is 61.3 Å². The van der Waals surface area contributed by atoms with Gasteiger partial charge in [-0.3, -0.25) is 0 Å². The number of nitrogens with two attached hydrogens (primary N) is 2. The smallest absolute Gasteiger partial charge is 0.113 e. The summed E-state index contributed by atoms with van der Waals surface area (Å²) >= 11 is 0. The van der Waals surface area contributed by atoms with Crippen molar-refractivity contribution in [1.82, 2.24) is 0 Å². The summed E-state index contributed by atoms with van der Waals surface area (Å²) in [4.78, 5) is 0. The highest BCUT2D eigenvalue weighted by Crippen LogP contribution is 2.19. The summed E-state index contributed by atoms with van der Waals surface area (Å²) in [5, 5.41) is 0. The van der Waals surface area contributed by atoms with Crippen LogP contribution in [0.2, 0.25) is 0 Å². The second-order valence-corrected chi connectivity index (χ2v) is 3.66. The van der Waals surface area contributed by atoms with Gasteiger partial charge in [-0.25, -0.2) is 4.39 Å². The van der Waals surface area contributed by atoms with Gasteiger partial charge < -0.3 is 16.2 Å². The summed E-state index contributed by atoms with van der Waals surface area (Å²) in [6, 6.07) is 0. The minimum atomic E-state index is -0.413. The number of alkyl halides is 1. The molecule has 0 heterocycles. The normalized spacial score (nSPS) is 29.6. The summed E-state index contributed by atoms with van der Waals surface area (Å²) in [6.45, 7) is -0.215. The van der Waals surface area contributed by atoms with E-state index in [2.05, 4.69) is 0 Å². The van der Waals surface area contributed by atoms with Gasteiger partial charge in [0, 0.05) is 11.4 Å². The zero-order valence-electron chi connectivity index (χ0n) is 8.47. The summed E-state index contributed by atoms with van der Waals surface area (Å²) in [7, 11) is 0. The lowest BCUT2D eigenvalue weighted by atomic mass is 9.99. The second kappa shape index (κ2) is 5.86. The molecular weight excluding hydrogens is 183 g/mol. The molecule has 0 aliphatic heterocycles. The summed E-state index contributed by atoms with van der Waals surface area (Å²) in [6.07, 6.45) is 4.53. The molecule has 1 rings (SSSR count). The fourth-order valence-electron chi connectivity index (χ4n) is 1.68. The highest BCUT2D eigenvalue weighted by molar-refractivity contribution is 5.08. The third-order valence-electron chi connectivity index (χ3n) is 2.55. The number of ether oxygens (including phenoxy) is 1. The van der Waals surface area contributed by atoms with Crippen LogP contribution in [0.5, 0.6) is 0 Å². The Labute approximate surface area is 84.3 Å². The predicted octanol–water partition coefficient (Wildman–Crippen LogP) is 1.43. The Hall–Kier alpha value is -0.770. The predicted molar refractivity (Wildman–Crippen MR) is 54.2 cm³/mol. The standard InChI is InChI=1S/C10H19FN2O/c11-6-7-14-8-2-1-3-9(12)10(13)5-4-8/h8H,1-7,12-13H2/b10-9+/t8-/m0/s1. The van der Waals surface area contributed by atoms with Gasteiger partial charge in [-0.1, -0.05) is 0 Å².